The molecule has 2 aliphatic carbocycles. The van der Waals surface area contributed by atoms with Crippen LogP contribution in [0.1, 0.15) is 0 Å². The summed E-state index contributed by atoms with van der Waals surface area (Å²) in [5.41, 5.74) is 2.84. The van der Waals surface area contributed by atoms with Crippen molar-refractivity contribution < 1.29 is 52.3 Å². The second kappa shape index (κ2) is 18.7. The van der Waals surface area contributed by atoms with Crippen molar-refractivity contribution in [3.05, 3.63) is 184 Å². The van der Waals surface area contributed by atoms with Crippen LogP contribution < -0.4 is 33.6 Å². The van der Waals surface area contributed by atoms with Gasteiger partial charge in [-0.05, 0) is 88.4 Å². The van der Waals surface area contributed by atoms with E-state index in [4.69, 9.17) is 0 Å². The molecule has 39 heavy (non-hydrogen) atoms. The molecule has 5 heteroatoms. The fourth-order valence-electron chi connectivity index (χ4n) is 4.23. The van der Waals surface area contributed by atoms with Gasteiger partial charge in [-0.1, -0.05) is 121 Å². The van der Waals surface area contributed by atoms with Crippen molar-refractivity contribution in [3.63, 3.8) is 0 Å². The van der Waals surface area contributed by atoms with Crippen LogP contribution in [0.5, 0.6) is 0 Å². The molecule has 0 bridgehead atoms. The van der Waals surface area contributed by atoms with Crippen LogP contribution >= 0.6 is 15.8 Å². The third-order valence-corrected chi connectivity index (χ3v) is 10.8. The van der Waals surface area contributed by atoms with Crippen LogP contribution in [0.3, 0.4) is 0 Å². The van der Waals surface area contributed by atoms with E-state index in [1.54, 1.807) is 0 Å². The van der Waals surface area contributed by atoms with Crippen molar-refractivity contribution in [3.8, 4) is 0 Å². The molecule has 0 saturated heterocycles. The molecular weight excluding hydrogens is 713 g/mol. The Balaban J connectivity index is 0.000000254. The number of hydrogen-bond acceptors (Lipinski definition) is 0. The molecule has 196 valence electrons. The second-order valence-electron chi connectivity index (χ2n) is 8.30. The van der Waals surface area contributed by atoms with Gasteiger partial charge in [0.05, 0.1) is 0 Å². The maximum absolute atomic E-state index is 2.23. The quantitative estimate of drug-likeness (QED) is 0.208. The van der Waals surface area contributed by atoms with Crippen molar-refractivity contribution in [2.24, 2.45) is 0 Å². The molecule has 0 heterocycles. The van der Waals surface area contributed by atoms with Crippen molar-refractivity contribution in [2.75, 3.05) is 0 Å². The molecule has 2 saturated carbocycles. The first-order valence-electron chi connectivity index (χ1n) is 12.1. The summed E-state index contributed by atoms with van der Waals surface area (Å²) in [6.07, 6.45) is 17.4. The van der Waals surface area contributed by atoms with E-state index in [1.807, 2.05) is 0 Å². The Morgan fingerprint density at radius 2 is 0.538 bits per heavy atom. The van der Waals surface area contributed by atoms with Gasteiger partial charge in [-0.15, -0.1) is 0 Å². The fourth-order valence-corrected chi connectivity index (χ4v) is 8.84. The van der Waals surface area contributed by atoms with Crippen LogP contribution in [0.15, 0.2) is 121 Å². The minimum atomic E-state index is -0.409. The van der Waals surface area contributed by atoms with Crippen molar-refractivity contribution in [1.82, 2.24) is 0 Å². The summed E-state index contributed by atoms with van der Waals surface area (Å²) >= 11 is 0. The zero-order valence-corrected chi connectivity index (χ0v) is 26.9. The number of hydrogen-bond donors (Lipinski definition) is 0. The predicted molar refractivity (Wildman–Crippen MR) is 159 cm³/mol. The topological polar surface area (TPSA) is 0 Å². The van der Waals surface area contributed by atoms with Crippen molar-refractivity contribution >= 4 is 37.1 Å². The van der Waals surface area contributed by atoms with E-state index in [0.29, 0.717) is 0 Å². The molecule has 4 aromatic rings. The molecule has 10 radical (unpaired) electrons. The maximum Gasteiger partial charge on any atom is 2.00 e. The molecule has 0 unspecified atom stereocenters. The molecule has 0 atom stereocenters. The summed E-state index contributed by atoms with van der Waals surface area (Å²) in [4.78, 5) is 0. The molecular formula is C34H28ClP2PdRu+3. The van der Waals surface area contributed by atoms with E-state index < -0.39 is 15.8 Å². The summed E-state index contributed by atoms with van der Waals surface area (Å²) in [6.45, 7) is 0. The Morgan fingerprint density at radius 1 is 0.333 bits per heavy atom. The molecule has 2 aliphatic rings. The van der Waals surface area contributed by atoms with E-state index in [2.05, 4.69) is 173 Å². The Bertz CT molecular complexity index is 979. The fraction of sp³-hybridized carbons (Fsp3) is 0. The maximum atomic E-state index is 2.23. The van der Waals surface area contributed by atoms with E-state index in [9.17, 15) is 0 Å². The monoisotopic (exact) mass is 741 g/mol. The number of benzene rings is 4. The second-order valence-corrected chi connectivity index (χ2v) is 12.7. The van der Waals surface area contributed by atoms with E-state index in [-0.39, 0.29) is 52.3 Å². The van der Waals surface area contributed by atoms with Crippen molar-refractivity contribution in [2.45, 2.75) is 0 Å². The Morgan fingerprint density at radius 3 is 0.744 bits per heavy atom. The minimum absolute atomic E-state index is 0. The predicted octanol–water partition coefficient (Wildman–Crippen LogP) is 3.96. The van der Waals surface area contributed by atoms with Crippen LogP contribution in [0.4, 0.5) is 0 Å². The molecule has 0 N–H and O–H groups in total. The summed E-state index contributed by atoms with van der Waals surface area (Å²) in [5, 5.41) is 5.63. The third-order valence-electron chi connectivity index (χ3n) is 5.86. The average Bonchev–Trinajstić information content (AvgIpc) is 3.68. The number of halogens is 1. The molecule has 0 nitrogen and oxygen atoms in total. The standard InChI is InChI=1S/2C17H14P.ClH.Pd.Ru/c2*1-3-9-15(10-4-1)18(17-13-7-8-14-17)16-11-5-2-6-12-16;;;/h2*1-14H;1H;;/q;;;2*+2/p-1. The Hall–Kier alpha value is -0.684. The van der Waals surface area contributed by atoms with Gasteiger partial charge in [0.25, 0.3) is 0 Å². The van der Waals surface area contributed by atoms with Crippen LogP contribution in [0.2, 0.25) is 0 Å². The van der Waals surface area contributed by atoms with Gasteiger partial charge < -0.3 is 12.4 Å². The SMILES string of the molecule is [CH]1[CH][CH][C](P(c2ccccc2)c2ccccc2)[CH]1.[CH]1[CH][CH][C](P(c2ccccc2)c2ccccc2)[CH]1.[Cl-].[Pd+2].[Ru+2]. The smallest absolute Gasteiger partial charge is 1.00 e. The van der Waals surface area contributed by atoms with Gasteiger partial charge in [0.1, 0.15) is 0 Å². The van der Waals surface area contributed by atoms with E-state index >= 15 is 0 Å². The van der Waals surface area contributed by atoms with Gasteiger partial charge in [0, 0.05) is 11.3 Å². The number of rotatable bonds is 6. The summed E-state index contributed by atoms with van der Waals surface area (Å²) in [5.74, 6) is 0. The van der Waals surface area contributed by atoms with Gasteiger partial charge in [0.15, 0.2) is 0 Å². The van der Waals surface area contributed by atoms with Gasteiger partial charge in [0.2, 0.25) is 0 Å². The summed E-state index contributed by atoms with van der Waals surface area (Å²) in [6, 6.07) is 43.1. The zero-order valence-electron chi connectivity index (χ0n) is 21.1. The minimum Gasteiger partial charge on any atom is -1.00 e. The normalized spacial score (nSPS) is 15.0. The van der Waals surface area contributed by atoms with Crippen LogP contribution in [0, 0.1) is 62.7 Å². The third kappa shape index (κ3) is 9.69. The first kappa shape index (κ1) is 34.5. The molecule has 4 aromatic carbocycles. The average molecular weight is 741 g/mol. The van der Waals surface area contributed by atoms with Crippen LogP contribution in [-0.2, 0) is 39.9 Å². The van der Waals surface area contributed by atoms with Gasteiger partial charge in [-0.25, -0.2) is 0 Å². The summed E-state index contributed by atoms with van der Waals surface area (Å²) < 4.78 is 0. The Kier molecular flexibility index (Phi) is 16.5. The van der Waals surface area contributed by atoms with Crippen LogP contribution in [0.25, 0.3) is 0 Å². The first-order valence-corrected chi connectivity index (χ1v) is 14.8. The van der Waals surface area contributed by atoms with Gasteiger partial charge >= 0.3 is 39.9 Å². The largest absolute Gasteiger partial charge is 2.00 e. The van der Waals surface area contributed by atoms with Crippen molar-refractivity contribution in [1.29, 1.82) is 0 Å². The molecule has 0 aliphatic heterocycles. The first-order chi connectivity index (χ1) is 17.9. The molecule has 6 rings (SSSR count). The van der Waals surface area contributed by atoms with Gasteiger partial charge in [-0.3, -0.25) is 0 Å². The Labute approximate surface area is 271 Å². The summed E-state index contributed by atoms with van der Waals surface area (Å²) in [7, 11) is -0.818. The molecule has 0 spiro atoms. The molecule has 0 aromatic heterocycles. The van der Waals surface area contributed by atoms with Crippen LogP contribution in [-0.4, -0.2) is 0 Å². The molecule has 0 amide bonds. The zero-order chi connectivity index (χ0) is 24.4. The van der Waals surface area contributed by atoms with E-state index in [1.165, 1.54) is 32.5 Å². The molecule has 2 fully saturated rings. The van der Waals surface area contributed by atoms with Gasteiger partial charge in [-0.2, -0.15) is 0 Å². The van der Waals surface area contributed by atoms with E-state index in [0.717, 1.165) is 0 Å².